The summed E-state index contributed by atoms with van der Waals surface area (Å²) >= 11 is 6.10. The van der Waals surface area contributed by atoms with Crippen molar-refractivity contribution in [1.29, 1.82) is 0 Å². The minimum Gasteiger partial charge on any atom is -0.346 e. The Bertz CT molecular complexity index is 1260. The molecule has 2 rings (SSSR count). The molecule has 2 aromatic rings. The molecule has 0 aliphatic carbocycles. The molecule has 38 heavy (non-hydrogen) atoms. The van der Waals surface area contributed by atoms with Crippen LogP contribution in [0.1, 0.15) is 61.9 Å². The molecule has 0 spiro atoms. The van der Waals surface area contributed by atoms with E-state index in [-0.39, 0.29) is 34.6 Å². The van der Waals surface area contributed by atoms with Gasteiger partial charge in [-0.2, -0.15) is 0 Å². The van der Waals surface area contributed by atoms with Gasteiger partial charge >= 0.3 is 0 Å². The van der Waals surface area contributed by atoms with Gasteiger partial charge in [-0.25, -0.2) is 23.6 Å². The Kier molecular flexibility index (Phi) is 11.4. The molecule has 1 atom stereocenters. The molecule has 1 aromatic heterocycles. The maximum atomic E-state index is 12.6. The first-order valence-electron chi connectivity index (χ1n) is 12.0. The Hall–Kier alpha value is -3.29. The van der Waals surface area contributed by atoms with Crippen LogP contribution in [-0.2, 0) is 37.4 Å². The Balaban J connectivity index is 2.06. The van der Waals surface area contributed by atoms with Crippen molar-refractivity contribution in [2.75, 3.05) is 6.54 Å². The minimum absolute atomic E-state index is 0.0565. The van der Waals surface area contributed by atoms with Gasteiger partial charge in [0.2, 0.25) is 5.91 Å². The van der Waals surface area contributed by atoms with Crippen LogP contribution in [0.25, 0.3) is 0 Å². The number of sulfonamides is 1. The van der Waals surface area contributed by atoms with Crippen LogP contribution in [0.5, 0.6) is 0 Å². The third kappa shape index (κ3) is 8.36. The Morgan fingerprint density at radius 1 is 1.16 bits per heavy atom. The van der Waals surface area contributed by atoms with Crippen molar-refractivity contribution in [2.24, 2.45) is 11.8 Å². The van der Waals surface area contributed by atoms with Crippen LogP contribution in [0.15, 0.2) is 29.2 Å². The zero-order valence-electron chi connectivity index (χ0n) is 21.4. The molecule has 0 radical (unpaired) electrons. The van der Waals surface area contributed by atoms with Gasteiger partial charge in [0.15, 0.2) is 11.4 Å². The van der Waals surface area contributed by atoms with Crippen molar-refractivity contribution in [3.05, 3.63) is 46.5 Å². The highest BCUT2D eigenvalue weighted by Crippen LogP contribution is 2.20. The number of benzene rings is 1. The van der Waals surface area contributed by atoms with Gasteiger partial charge in [-0.15, -0.1) is 0 Å². The first-order chi connectivity index (χ1) is 17.9. The van der Waals surface area contributed by atoms with Crippen molar-refractivity contribution < 1.29 is 32.8 Å². The highest BCUT2D eigenvalue weighted by Gasteiger charge is 2.28. The van der Waals surface area contributed by atoms with Gasteiger partial charge < -0.3 is 9.88 Å². The average Bonchev–Trinajstić information content (AvgIpc) is 3.17. The predicted octanol–water partition coefficient (Wildman–Crippen LogP) is 1.83. The zero-order chi connectivity index (χ0) is 28.5. The maximum Gasteiger partial charge on any atom is 0.264 e. The van der Waals surface area contributed by atoms with Gasteiger partial charge in [-0.3, -0.25) is 24.4 Å². The number of rotatable bonds is 14. The van der Waals surface area contributed by atoms with Gasteiger partial charge in [0.05, 0.1) is 11.4 Å². The second kappa shape index (κ2) is 14.0. The number of hydrogen-bond donors (Lipinski definition) is 4. The maximum absolute atomic E-state index is 12.6. The molecule has 0 fully saturated rings. The number of carbonyl (C=O) groups excluding carboxylic acids is 4. The third-order valence-corrected chi connectivity index (χ3v) is 7.27. The Morgan fingerprint density at radius 2 is 1.82 bits per heavy atom. The second-order valence-electron chi connectivity index (χ2n) is 9.06. The van der Waals surface area contributed by atoms with Crippen LogP contribution >= 0.6 is 11.6 Å². The quantitative estimate of drug-likeness (QED) is 0.115. The van der Waals surface area contributed by atoms with Crippen molar-refractivity contribution >= 4 is 45.6 Å². The molecule has 0 saturated carbocycles. The number of aldehydes is 1. The molecule has 0 aliphatic rings. The smallest absolute Gasteiger partial charge is 0.264 e. The fourth-order valence-corrected chi connectivity index (χ4v) is 4.90. The lowest BCUT2D eigenvalue weighted by atomic mass is 9.95. The molecule has 14 heteroatoms. The van der Waals surface area contributed by atoms with E-state index < -0.39 is 40.2 Å². The Labute approximate surface area is 226 Å². The van der Waals surface area contributed by atoms with Crippen LogP contribution in [0, 0.1) is 11.8 Å². The summed E-state index contributed by atoms with van der Waals surface area (Å²) in [5, 5.41) is 11.2. The molecule has 3 amide bonds. The molecule has 1 aromatic carbocycles. The van der Waals surface area contributed by atoms with Crippen molar-refractivity contribution in [1.82, 2.24) is 25.1 Å². The molecule has 12 nitrogen and oxygen atoms in total. The number of unbranched alkanes of at least 4 members (excludes halogenated alkanes) is 1. The van der Waals surface area contributed by atoms with Gasteiger partial charge in [0.25, 0.3) is 21.8 Å². The molecular weight excluding hydrogens is 538 g/mol. The van der Waals surface area contributed by atoms with E-state index in [4.69, 9.17) is 16.8 Å². The predicted molar refractivity (Wildman–Crippen MR) is 138 cm³/mol. The van der Waals surface area contributed by atoms with Crippen LogP contribution in [0.4, 0.5) is 0 Å². The molecule has 0 saturated heterocycles. The second-order valence-corrected chi connectivity index (χ2v) is 11.1. The van der Waals surface area contributed by atoms with Crippen molar-refractivity contribution in [3.8, 4) is 0 Å². The lowest BCUT2D eigenvalue weighted by molar-refractivity contribution is -0.142. The van der Waals surface area contributed by atoms with Crippen LogP contribution in [-0.4, -0.2) is 53.7 Å². The lowest BCUT2D eigenvalue weighted by Crippen LogP contribution is -2.45. The van der Waals surface area contributed by atoms with E-state index >= 15 is 0 Å². The van der Waals surface area contributed by atoms with Gasteiger partial charge in [-0.1, -0.05) is 50.9 Å². The summed E-state index contributed by atoms with van der Waals surface area (Å²) in [6.07, 6.45) is 3.15. The van der Waals surface area contributed by atoms with E-state index in [0.717, 1.165) is 12.8 Å². The summed E-state index contributed by atoms with van der Waals surface area (Å²) in [6, 6.07) is 5.69. The molecule has 1 unspecified atom stereocenters. The third-order valence-electron chi connectivity index (χ3n) is 5.60. The molecule has 208 valence electrons. The molecule has 1 heterocycles. The summed E-state index contributed by atoms with van der Waals surface area (Å²) < 4.78 is 28.8. The highest BCUT2D eigenvalue weighted by molar-refractivity contribution is 7.90. The van der Waals surface area contributed by atoms with E-state index in [9.17, 15) is 27.6 Å². The van der Waals surface area contributed by atoms with Crippen LogP contribution in [0.3, 0.4) is 0 Å². The lowest BCUT2D eigenvalue weighted by Gasteiger charge is -2.16. The molecule has 0 aliphatic heterocycles. The van der Waals surface area contributed by atoms with E-state index in [1.165, 1.54) is 29.7 Å². The van der Waals surface area contributed by atoms with Gasteiger partial charge in [-0.05, 0) is 36.5 Å². The largest absolute Gasteiger partial charge is 0.346 e. The number of imidazole rings is 1. The normalized spacial score (nSPS) is 12.2. The van der Waals surface area contributed by atoms with E-state index in [2.05, 4.69) is 10.3 Å². The van der Waals surface area contributed by atoms with Gasteiger partial charge in [0.1, 0.15) is 17.4 Å². The number of aryl methyl sites for hydroxylation is 1. The summed E-state index contributed by atoms with van der Waals surface area (Å²) in [5.74, 6) is -3.42. The fraction of sp³-hybridized carbons (Fsp3) is 0.458. The van der Waals surface area contributed by atoms with Crippen molar-refractivity contribution in [2.45, 2.75) is 57.9 Å². The summed E-state index contributed by atoms with van der Waals surface area (Å²) in [4.78, 5) is 51.8. The first-order valence-corrected chi connectivity index (χ1v) is 13.9. The van der Waals surface area contributed by atoms with Crippen LogP contribution in [0.2, 0.25) is 5.15 Å². The molecule has 4 N–H and O–H groups in total. The number of nitrogens with one attached hydrogen (secondary N) is 3. The summed E-state index contributed by atoms with van der Waals surface area (Å²) in [5.41, 5.74) is 2.32. The molecular formula is C24H32ClN5O7S. The minimum atomic E-state index is -4.25. The van der Waals surface area contributed by atoms with Gasteiger partial charge in [0, 0.05) is 13.0 Å². The van der Waals surface area contributed by atoms with E-state index in [1.807, 2.05) is 11.6 Å². The number of aromatic nitrogens is 2. The fourth-order valence-electron chi connectivity index (χ4n) is 3.67. The number of hydroxylamine groups is 1. The van der Waals surface area contributed by atoms with E-state index in [0.29, 0.717) is 24.1 Å². The topological polar surface area (TPSA) is 177 Å². The SMILES string of the molecule is CCCCc1nc(Cl)c(C=O)n1Cc1ccc(S(=O)(=O)NC(=O)CNC(=O)C(CC(C)C)C(=O)NO)cc1. The highest BCUT2D eigenvalue weighted by atomic mass is 35.5. The molecule has 0 bridgehead atoms. The van der Waals surface area contributed by atoms with E-state index in [1.54, 1.807) is 18.4 Å². The number of nitrogens with zero attached hydrogens (tertiary/aromatic N) is 2. The standard InChI is InChI=1S/C24H32ClN5O7S/c1-4-5-6-20-27-22(25)19(14-31)30(20)13-16-7-9-17(10-8-16)38(36,37)29-21(32)12-26-23(33)18(11-15(2)3)24(34)28-35/h7-10,14-15,18,35H,4-6,11-13H2,1-3H3,(H,26,33)(H,28,34)(H,29,32). The summed E-state index contributed by atoms with van der Waals surface area (Å²) in [6.45, 7) is 5.12. The first kappa shape index (κ1) is 30.9. The van der Waals surface area contributed by atoms with Crippen LogP contribution < -0.4 is 15.5 Å². The average molecular weight is 570 g/mol. The monoisotopic (exact) mass is 569 g/mol. The summed E-state index contributed by atoms with van der Waals surface area (Å²) in [7, 11) is -4.25. The Morgan fingerprint density at radius 3 is 2.37 bits per heavy atom. The number of amides is 3. The number of halogens is 1. The zero-order valence-corrected chi connectivity index (χ0v) is 22.9. The number of carbonyl (C=O) groups is 4. The number of hydrogen-bond acceptors (Lipinski definition) is 8. The van der Waals surface area contributed by atoms with Crippen molar-refractivity contribution in [3.63, 3.8) is 0 Å².